The van der Waals surface area contributed by atoms with Crippen LogP contribution in [-0.4, -0.2) is 19.8 Å². The topological polar surface area (TPSA) is 76.5 Å². The second kappa shape index (κ2) is 5.24. The van der Waals surface area contributed by atoms with Crippen molar-refractivity contribution in [1.82, 2.24) is 4.31 Å². The van der Waals surface area contributed by atoms with E-state index in [0.717, 1.165) is 5.56 Å². The molecule has 0 saturated carbocycles. The minimum Gasteiger partial charge on any atom is -0.472 e. The predicted octanol–water partition coefficient (Wildman–Crippen LogP) is 2.34. The highest BCUT2D eigenvalue weighted by molar-refractivity contribution is 7.89. The molecule has 102 valence electrons. The maximum Gasteiger partial charge on any atom is 0.245 e. The van der Waals surface area contributed by atoms with Crippen LogP contribution in [0.3, 0.4) is 0 Å². The molecule has 0 radical (unpaired) electrons. The number of furan rings is 1. The molecule has 0 saturated heterocycles. The molecule has 0 bridgehead atoms. The fourth-order valence-electron chi connectivity index (χ4n) is 1.65. The summed E-state index contributed by atoms with van der Waals surface area (Å²) >= 11 is 5.76. The minimum atomic E-state index is -3.65. The van der Waals surface area contributed by atoms with E-state index < -0.39 is 10.0 Å². The molecule has 0 amide bonds. The molecule has 0 aliphatic carbocycles. The van der Waals surface area contributed by atoms with E-state index in [9.17, 15) is 8.42 Å². The Morgan fingerprint density at radius 1 is 1.37 bits per heavy atom. The Morgan fingerprint density at radius 3 is 2.68 bits per heavy atom. The van der Waals surface area contributed by atoms with Gasteiger partial charge in [0.25, 0.3) is 0 Å². The lowest BCUT2D eigenvalue weighted by Crippen LogP contribution is -2.27. The lowest BCUT2D eigenvalue weighted by Gasteiger charge is -2.17. The lowest BCUT2D eigenvalue weighted by molar-refractivity contribution is 0.463. The largest absolute Gasteiger partial charge is 0.472 e. The molecule has 2 N–H and O–H groups in total. The van der Waals surface area contributed by atoms with Crippen LogP contribution in [0.1, 0.15) is 5.56 Å². The predicted molar refractivity (Wildman–Crippen MR) is 73.2 cm³/mol. The lowest BCUT2D eigenvalue weighted by atomic mass is 10.3. The molecule has 19 heavy (non-hydrogen) atoms. The molecule has 2 rings (SSSR count). The third-order valence-corrected chi connectivity index (χ3v) is 4.76. The van der Waals surface area contributed by atoms with Crippen molar-refractivity contribution in [2.24, 2.45) is 0 Å². The SMILES string of the molecule is CN(Cc1ccoc1)S(=O)(=O)c1ccc(Cl)cc1N. The normalized spacial score (nSPS) is 11.9. The highest BCUT2D eigenvalue weighted by Crippen LogP contribution is 2.25. The number of nitrogens with two attached hydrogens (primary N) is 1. The van der Waals surface area contributed by atoms with Crippen molar-refractivity contribution < 1.29 is 12.8 Å². The van der Waals surface area contributed by atoms with Crippen molar-refractivity contribution >= 4 is 27.3 Å². The average Bonchev–Trinajstić information content (AvgIpc) is 2.81. The van der Waals surface area contributed by atoms with Gasteiger partial charge in [0.05, 0.1) is 18.2 Å². The van der Waals surface area contributed by atoms with Crippen molar-refractivity contribution in [3.8, 4) is 0 Å². The van der Waals surface area contributed by atoms with Crippen LogP contribution >= 0.6 is 11.6 Å². The van der Waals surface area contributed by atoms with Gasteiger partial charge in [0, 0.05) is 24.2 Å². The summed E-state index contributed by atoms with van der Waals surface area (Å²) in [4.78, 5) is 0.0443. The van der Waals surface area contributed by atoms with Crippen LogP contribution in [0.2, 0.25) is 5.02 Å². The maximum absolute atomic E-state index is 12.4. The van der Waals surface area contributed by atoms with Crippen molar-refractivity contribution in [3.63, 3.8) is 0 Å². The molecule has 0 fully saturated rings. The highest BCUT2D eigenvalue weighted by Gasteiger charge is 2.23. The molecule has 0 atom stereocenters. The molecule has 1 aromatic carbocycles. The van der Waals surface area contributed by atoms with E-state index in [2.05, 4.69) is 0 Å². The molecule has 7 heteroatoms. The number of halogens is 1. The Bertz CT molecular complexity index is 668. The van der Waals surface area contributed by atoms with Gasteiger partial charge in [-0.15, -0.1) is 0 Å². The van der Waals surface area contributed by atoms with Gasteiger partial charge in [-0.05, 0) is 24.3 Å². The number of anilines is 1. The summed E-state index contributed by atoms with van der Waals surface area (Å²) in [5.41, 5.74) is 6.60. The number of sulfonamides is 1. The van der Waals surface area contributed by atoms with Crippen LogP contribution in [-0.2, 0) is 16.6 Å². The molecule has 2 aromatic rings. The fraction of sp³-hybridized carbons (Fsp3) is 0.167. The Kier molecular flexibility index (Phi) is 3.84. The number of rotatable bonds is 4. The molecular formula is C12H13ClN2O3S. The molecule has 0 spiro atoms. The van der Waals surface area contributed by atoms with Gasteiger partial charge in [0.15, 0.2) is 0 Å². The third-order valence-electron chi connectivity index (χ3n) is 2.65. The first-order valence-electron chi connectivity index (χ1n) is 5.43. The number of hydrogen-bond acceptors (Lipinski definition) is 4. The van der Waals surface area contributed by atoms with Gasteiger partial charge in [-0.3, -0.25) is 0 Å². The molecular weight excluding hydrogens is 288 g/mol. The van der Waals surface area contributed by atoms with E-state index in [4.69, 9.17) is 21.8 Å². The van der Waals surface area contributed by atoms with Gasteiger partial charge in [0.2, 0.25) is 10.0 Å². The fourth-order valence-corrected chi connectivity index (χ4v) is 3.08. The zero-order chi connectivity index (χ0) is 14.0. The van der Waals surface area contributed by atoms with Crippen LogP contribution in [0.15, 0.2) is 46.1 Å². The third kappa shape index (κ3) is 2.91. The van der Waals surface area contributed by atoms with Gasteiger partial charge < -0.3 is 10.2 Å². The summed E-state index contributed by atoms with van der Waals surface area (Å²) in [6.45, 7) is 0.209. The monoisotopic (exact) mass is 300 g/mol. The van der Waals surface area contributed by atoms with E-state index in [-0.39, 0.29) is 17.1 Å². The molecule has 0 unspecified atom stereocenters. The van der Waals surface area contributed by atoms with E-state index in [1.165, 1.54) is 42.1 Å². The molecule has 1 aromatic heterocycles. The van der Waals surface area contributed by atoms with Gasteiger partial charge in [0.1, 0.15) is 4.90 Å². The summed E-state index contributed by atoms with van der Waals surface area (Å²) in [7, 11) is -2.17. The molecule has 0 aliphatic rings. The quantitative estimate of drug-likeness (QED) is 0.879. The van der Waals surface area contributed by atoms with E-state index in [1.54, 1.807) is 6.07 Å². The van der Waals surface area contributed by atoms with Crippen molar-refractivity contribution in [1.29, 1.82) is 0 Å². The van der Waals surface area contributed by atoms with E-state index in [0.29, 0.717) is 5.02 Å². The zero-order valence-corrected chi connectivity index (χ0v) is 11.8. The van der Waals surface area contributed by atoms with E-state index >= 15 is 0 Å². The van der Waals surface area contributed by atoms with Gasteiger partial charge in [-0.25, -0.2) is 8.42 Å². The smallest absolute Gasteiger partial charge is 0.245 e. The minimum absolute atomic E-state index is 0.0443. The van der Waals surface area contributed by atoms with Crippen LogP contribution in [0.25, 0.3) is 0 Å². The standard InChI is InChI=1S/C12H13ClN2O3S/c1-15(7-9-4-5-18-8-9)19(16,17)12-3-2-10(13)6-11(12)14/h2-6,8H,7,14H2,1H3. The molecule has 0 aliphatic heterocycles. The summed E-state index contributed by atoms with van der Waals surface area (Å²) in [6, 6.07) is 6.02. The summed E-state index contributed by atoms with van der Waals surface area (Å²) in [6.07, 6.45) is 2.99. The molecule has 5 nitrogen and oxygen atoms in total. The van der Waals surface area contributed by atoms with E-state index in [1.807, 2.05) is 0 Å². The number of nitrogen functional groups attached to an aromatic ring is 1. The van der Waals surface area contributed by atoms with Crippen molar-refractivity contribution in [2.75, 3.05) is 12.8 Å². The maximum atomic E-state index is 12.4. The number of hydrogen-bond donors (Lipinski definition) is 1. The Balaban J connectivity index is 2.31. The summed E-state index contributed by atoms with van der Waals surface area (Å²) in [5.74, 6) is 0. The first-order valence-corrected chi connectivity index (χ1v) is 7.25. The Labute approximate surface area is 116 Å². The average molecular weight is 301 g/mol. The summed E-state index contributed by atoms with van der Waals surface area (Å²) in [5, 5.41) is 0.397. The number of nitrogens with zero attached hydrogens (tertiary/aromatic N) is 1. The van der Waals surface area contributed by atoms with Crippen molar-refractivity contribution in [2.45, 2.75) is 11.4 Å². The van der Waals surface area contributed by atoms with Crippen LogP contribution < -0.4 is 5.73 Å². The summed E-state index contributed by atoms with van der Waals surface area (Å²) < 4.78 is 30.8. The molecule has 1 heterocycles. The number of benzene rings is 1. The highest BCUT2D eigenvalue weighted by atomic mass is 35.5. The van der Waals surface area contributed by atoms with Gasteiger partial charge >= 0.3 is 0 Å². The van der Waals surface area contributed by atoms with Crippen LogP contribution in [0.4, 0.5) is 5.69 Å². The van der Waals surface area contributed by atoms with Crippen LogP contribution in [0.5, 0.6) is 0 Å². The Morgan fingerprint density at radius 2 is 2.11 bits per heavy atom. The second-order valence-corrected chi connectivity index (χ2v) is 6.52. The van der Waals surface area contributed by atoms with Gasteiger partial charge in [-0.2, -0.15) is 4.31 Å². The van der Waals surface area contributed by atoms with Crippen LogP contribution in [0, 0.1) is 0 Å². The van der Waals surface area contributed by atoms with Crippen molar-refractivity contribution in [3.05, 3.63) is 47.4 Å². The first kappa shape index (κ1) is 13.9. The first-order chi connectivity index (χ1) is 8.91. The Hall–Kier alpha value is -1.50. The zero-order valence-electron chi connectivity index (χ0n) is 10.2. The second-order valence-electron chi connectivity index (χ2n) is 4.07. The van der Waals surface area contributed by atoms with Gasteiger partial charge in [-0.1, -0.05) is 11.6 Å².